The summed E-state index contributed by atoms with van der Waals surface area (Å²) in [6, 6.07) is 25.1. The van der Waals surface area contributed by atoms with Crippen molar-refractivity contribution in [2.45, 2.75) is 44.3 Å². The van der Waals surface area contributed by atoms with Gasteiger partial charge in [0.15, 0.2) is 6.20 Å². The van der Waals surface area contributed by atoms with Crippen LogP contribution in [0.3, 0.4) is 0 Å². The minimum Gasteiger partial charge on any atom is -0.352 e. The third-order valence-electron chi connectivity index (χ3n) is 9.35. The molecule has 0 saturated carbocycles. The summed E-state index contributed by atoms with van der Waals surface area (Å²) in [6.07, 6.45) is 9.94. The second-order valence-corrected chi connectivity index (χ2v) is 11.4. The number of hydrogen-bond donors (Lipinski definition) is 0. The van der Waals surface area contributed by atoms with E-state index in [1.54, 1.807) is 12.1 Å². The van der Waals surface area contributed by atoms with Crippen molar-refractivity contribution in [2.75, 3.05) is 6.54 Å². The lowest BCUT2D eigenvalue weighted by atomic mass is 9.75. The Morgan fingerprint density at radius 1 is 0.897 bits per heavy atom. The Morgan fingerprint density at radius 3 is 2.64 bits per heavy atom. The Labute approximate surface area is 229 Å². The highest BCUT2D eigenvalue weighted by atomic mass is 19.1. The molecule has 3 aromatic carbocycles. The lowest BCUT2D eigenvalue weighted by molar-refractivity contribution is -0.574. The summed E-state index contributed by atoms with van der Waals surface area (Å²) in [4.78, 5) is 5.03. The number of halogens is 1. The molecule has 0 amide bonds. The van der Waals surface area contributed by atoms with Gasteiger partial charge >= 0.3 is 0 Å². The molecule has 4 aliphatic rings. The number of pyridine rings is 1. The normalized spacial score (nSPS) is 22.3. The first kappa shape index (κ1) is 22.8. The SMILES string of the molecule is C=C1C2C(CCc3ccc(F)cc3-c3cc(-c4ccccc4)c(C)c[n+]31)c1cccc3c1C1N(C=CN21)CC3. The number of aromatic nitrogens is 1. The molecule has 4 heteroatoms. The van der Waals surface area contributed by atoms with Gasteiger partial charge in [0.1, 0.15) is 18.0 Å². The maximum absolute atomic E-state index is 14.8. The highest BCUT2D eigenvalue weighted by Gasteiger charge is 2.50. The van der Waals surface area contributed by atoms with Crippen molar-refractivity contribution in [1.29, 1.82) is 0 Å². The molecular weight excluding hydrogens is 481 g/mol. The Bertz CT molecular complexity index is 1690. The quantitative estimate of drug-likeness (QED) is 0.255. The van der Waals surface area contributed by atoms with E-state index in [0.717, 1.165) is 42.8 Å². The molecule has 0 saturated heterocycles. The predicted molar refractivity (Wildman–Crippen MR) is 153 cm³/mol. The van der Waals surface area contributed by atoms with Gasteiger partial charge in [-0.3, -0.25) is 0 Å². The third-order valence-corrected chi connectivity index (χ3v) is 9.35. The number of aryl methyl sites for hydroxylation is 2. The van der Waals surface area contributed by atoms with Crippen LogP contribution in [-0.4, -0.2) is 22.4 Å². The molecule has 192 valence electrons. The van der Waals surface area contributed by atoms with E-state index in [-0.39, 0.29) is 23.9 Å². The molecule has 3 atom stereocenters. The third kappa shape index (κ3) is 3.30. The first-order valence-corrected chi connectivity index (χ1v) is 14.0. The fourth-order valence-corrected chi connectivity index (χ4v) is 7.57. The second kappa shape index (κ2) is 8.41. The standard InChI is InChI=1S/C35H31FN3/c1-22-21-39-23(2)34-29(28-10-6-9-26-15-16-37-17-18-38(34)35(37)33(26)28)14-12-25-11-13-27(36)19-31(25)32(39)20-30(22)24-7-4-3-5-8-24/h3-11,13,17-21,29,34-35H,2,12,14-16H2,1H3/q+1. The van der Waals surface area contributed by atoms with Gasteiger partial charge in [-0.2, -0.15) is 4.57 Å². The maximum atomic E-state index is 14.8. The molecule has 0 fully saturated rings. The zero-order chi connectivity index (χ0) is 26.2. The van der Waals surface area contributed by atoms with Gasteiger partial charge in [0.25, 0.3) is 0 Å². The van der Waals surface area contributed by atoms with Crippen LogP contribution < -0.4 is 4.57 Å². The summed E-state index contributed by atoms with van der Waals surface area (Å²) in [5, 5.41) is 0. The lowest BCUT2D eigenvalue weighted by Crippen LogP contribution is -2.53. The number of rotatable bonds is 1. The summed E-state index contributed by atoms with van der Waals surface area (Å²) < 4.78 is 17.1. The summed E-state index contributed by atoms with van der Waals surface area (Å²) in [7, 11) is 0. The Morgan fingerprint density at radius 2 is 1.77 bits per heavy atom. The highest BCUT2D eigenvalue weighted by molar-refractivity contribution is 5.73. The van der Waals surface area contributed by atoms with Crippen LogP contribution in [0.15, 0.2) is 98.0 Å². The zero-order valence-electron chi connectivity index (χ0n) is 22.1. The van der Waals surface area contributed by atoms with Crippen molar-refractivity contribution in [3.63, 3.8) is 0 Å². The van der Waals surface area contributed by atoms with Gasteiger partial charge in [-0.05, 0) is 72.7 Å². The molecule has 5 heterocycles. The summed E-state index contributed by atoms with van der Waals surface area (Å²) in [6.45, 7) is 8.00. The molecule has 0 radical (unpaired) electrons. The van der Waals surface area contributed by atoms with Crippen LogP contribution in [-0.2, 0) is 12.8 Å². The van der Waals surface area contributed by atoms with Gasteiger partial charge in [-0.25, -0.2) is 4.39 Å². The minimum atomic E-state index is -0.205. The monoisotopic (exact) mass is 512 g/mol. The highest BCUT2D eigenvalue weighted by Crippen LogP contribution is 2.51. The fraction of sp³-hybridized carbons (Fsp3) is 0.229. The first-order valence-electron chi connectivity index (χ1n) is 14.0. The molecule has 4 aromatic rings. The summed E-state index contributed by atoms with van der Waals surface area (Å²) in [5.41, 5.74) is 12.1. The van der Waals surface area contributed by atoms with E-state index in [4.69, 9.17) is 6.58 Å². The van der Waals surface area contributed by atoms with Gasteiger partial charge in [0.05, 0.1) is 5.56 Å². The Hall–Kier alpha value is -4.18. The van der Waals surface area contributed by atoms with Gasteiger partial charge in [0.2, 0.25) is 11.4 Å². The predicted octanol–water partition coefficient (Wildman–Crippen LogP) is 6.98. The number of hydrogen-bond acceptors (Lipinski definition) is 2. The molecule has 4 aliphatic heterocycles. The number of nitrogens with zero attached hydrogens (tertiary/aromatic N) is 3. The van der Waals surface area contributed by atoms with Crippen LogP contribution >= 0.6 is 0 Å². The van der Waals surface area contributed by atoms with Crippen LogP contribution in [0.1, 0.15) is 46.3 Å². The molecule has 0 bridgehead atoms. The van der Waals surface area contributed by atoms with Crippen LogP contribution in [0.25, 0.3) is 28.1 Å². The molecule has 8 rings (SSSR count). The smallest absolute Gasteiger partial charge is 0.219 e. The molecule has 1 aromatic heterocycles. The zero-order valence-corrected chi connectivity index (χ0v) is 22.1. The van der Waals surface area contributed by atoms with Gasteiger partial charge in [-0.1, -0.05) is 54.6 Å². The van der Waals surface area contributed by atoms with Crippen molar-refractivity contribution in [2.24, 2.45) is 0 Å². The van der Waals surface area contributed by atoms with Crippen LogP contribution in [0, 0.1) is 12.7 Å². The number of fused-ring (bicyclic) bond motifs is 6. The van der Waals surface area contributed by atoms with E-state index in [1.165, 1.54) is 38.9 Å². The molecular formula is C35H31FN3+. The van der Waals surface area contributed by atoms with E-state index < -0.39 is 0 Å². The maximum Gasteiger partial charge on any atom is 0.219 e. The lowest BCUT2D eigenvalue weighted by Gasteiger charge is -2.48. The van der Waals surface area contributed by atoms with Gasteiger partial charge < -0.3 is 9.80 Å². The minimum absolute atomic E-state index is 0.0991. The van der Waals surface area contributed by atoms with Gasteiger partial charge in [-0.15, -0.1) is 0 Å². The van der Waals surface area contributed by atoms with Crippen molar-refractivity contribution < 1.29 is 8.96 Å². The van der Waals surface area contributed by atoms with Crippen molar-refractivity contribution in [3.8, 4) is 22.4 Å². The Balaban J connectivity index is 1.38. The first-order chi connectivity index (χ1) is 19.1. The molecule has 0 spiro atoms. The van der Waals surface area contributed by atoms with E-state index in [2.05, 4.69) is 88.4 Å². The average molecular weight is 513 g/mol. The molecule has 3 nitrogen and oxygen atoms in total. The van der Waals surface area contributed by atoms with Crippen LogP contribution in [0.4, 0.5) is 4.39 Å². The van der Waals surface area contributed by atoms with Crippen molar-refractivity contribution >= 4 is 5.70 Å². The molecule has 0 N–H and O–H groups in total. The largest absolute Gasteiger partial charge is 0.352 e. The molecule has 0 aliphatic carbocycles. The van der Waals surface area contributed by atoms with E-state index >= 15 is 0 Å². The molecule has 3 unspecified atom stereocenters. The number of benzene rings is 3. The van der Waals surface area contributed by atoms with Crippen LogP contribution in [0.5, 0.6) is 0 Å². The summed E-state index contributed by atoms with van der Waals surface area (Å²) in [5.74, 6) is 0.0836. The van der Waals surface area contributed by atoms with Crippen molar-refractivity contribution in [3.05, 3.63) is 132 Å². The second-order valence-electron chi connectivity index (χ2n) is 11.4. The molecule has 39 heavy (non-hydrogen) atoms. The van der Waals surface area contributed by atoms with E-state index in [0.29, 0.717) is 0 Å². The van der Waals surface area contributed by atoms with Crippen molar-refractivity contribution in [1.82, 2.24) is 9.80 Å². The fourth-order valence-electron chi connectivity index (χ4n) is 7.57. The van der Waals surface area contributed by atoms with E-state index in [1.807, 2.05) is 12.1 Å². The summed E-state index contributed by atoms with van der Waals surface area (Å²) >= 11 is 0. The van der Waals surface area contributed by atoms with E-state index in [9.17, 15) is 4.39 Å². The Kier molecular flexibility index (Phi) is 4.91. The van der Waals surface area contributed by atoms with Gasteiger partial charge in [0, 0.05) is 42.1 Å². The van der Waals surface area contributed by atoms with Crippen LogP contribution in [0.2, 0.25) is 0 Å². The average Bonchev–Trinajstić information content (AvgIpc) is 3.41. The topological polar surface area (TPSA) is 10.4 Å².